The van der Waals surface area contributed by atoms with Crippen LogP contribution in [0.15, 0.2) is 54.6 Å². The van der Waals surface area contributed by atoms with E-state index in [1.807, 2.05) is 30.3 Å². The first-order chi connectivity index (χ1) is 11.4. The molecule has 0 aromatic heterocycles. The first-order valence-electron chi connectivity index (χ1n) is 8.45. The number of hydrogen-bond acceptors (Lipinski definition) is 3. The van der Waals surface area contributed by atoms with E-state index in [2.05, 4.69) is 29.6 Å². The lowest BCUT2D eigenvalue weighted by Gasteiger charge is -2.29. The monoisotopic (exact) mass is 311 g/mol. The highest BCUT2D eigenvalue weighted by Crippen LogP contribution is 2.33. The molecular formula is C20H25NO2. The van der Waals surface area contributed by atoms with Gasteiger partial charge < -0.3 is 14.8 Å². The Morgan fingerprint density at radius 2 is 1.74 bits per heavy atom. The molecule has 122 valence electrons. The molecule has 2 aromatic carbocycles. The van der Waals surface area contributed by atoms with Crippen LogP contribution >= 0.6 is 0 Å². The number of ether oxygens (including phenoxy) is 2. The van der Waals surface area contributed by atoms with Crippen molar-refractivity contribution < 1.29 is 9.47 Å². The number of piperidine rings is 1. The van der Waals surface area contributed by atoms with Crippen molar-refractivity contribution in [2.75, 3.05) is 13.7 Å². The fourth-order valence-electron chi connectivity index (χ4n) is 3.17. The summed E-state index contributed by atoms with van der Waals surface area (Å²) in [6.45, 7) is 1.11. The van der Waals surface area contributed by atoms with Crippen molar-refractivity contribution >= 4 is 0 Å². The summed E-state index contributed by atoms with van der Waals surface area (Å²) in [5.41, 5.74) is 1.21. The van der Waals surface area contributed by atoms with E-state index in [1.54, 1.807) is 7.11 Å². The summed E-state index contributed by atoms with van der Waals surface area (Å²) in [6.07, 6.45) is 4.80. The van der Waals surface area contributed by atoms with Crippen molar-refractivity contribution in [1.82, 2.24) is 5.32 Å². The van der Waals surface area contributed by atoms with Gasteiger partial charge in [-0.2, -0.15) is 0 Å². The van der Waals surface area contributed by atoms with Gasteiger partial charge in [-0.25, -0.2) is 0 Å². The molecule has 3 heteroatoms. The lowest BCUT2D eigenvalue weighted by Crippen LogP contribution is -2.36. The number of para-hydroxylation sites is 2. The molecule has 1 fully saturated rings. The zero-order chi connectivity index (χ0) is 15.9. The first-order valence-corrected chi connectivity index (χ1v) is 8.45. The largest absolute Gasteiger partial charge is 0.493 e. The van der Waals surface area contributed by atoms with E-state index in [0.717, 1.165) is 24.5 Å². The van der Waals surface area contributed by atoms with Crippen LogP contribution in [0.1, 0.15) is 37.4 Å². The summed E-state index contributed by atoms with van der Waals surface area (Å²) in [6, 6.07) is 18.9. The van der Waals surface area contributed by atoms with Gasteiger partial charge in [-0.15, -0.1) is 0 Å². The van der Waals surface area contributed by atoms with Gasteiger partial charge in [-0.3, -0.25) is 0 Å². The predicted molar refractivity (Wildman–Crippen MR) is 93.1 cm³/mol. The normalized spacial score (nSPS) is 19.1. The number of hydrogen-bond donors (Lipinski definition) is 1. The van der Waals surface area contributed by atoms with Gasteiger partial charge in [-0.1, -0.05) is 48.9 Å². The van der Waals surface area contributed by atoms with Crippen LogP contribution in [0, 0.1) is 0 Å². The highest BCUT2D eigenvalue weighted by Gasteiger charge is 2.22. The number of nitrogens with one attached hydrogen (secondary N) is 1. The molecule has 3 rings (SSSR count). The van der Waals surface area contributed by atoms with Gasteiger partial charge in [0.05, 0.1) is 7.11 Å². The average molecular weight is 311 g/mol. The molecule has 0 saturated carbocycles. The molecule has 1 aliphatic heterocycles. The van der Waals surface area contributed by atoms with Crippen LogP contribution in [-0.2, 0) is 0 Å². The Labute approximate surface area is 138 Å². The molecule has 0 amide bonds. The van der Waals surface area contributed by atoms with E-state index in [9.17, 15) is 0 Å². The quantitative estimate of drug-likeness (QED) is 0.860. The molecule has 2 unspecified atom stereocenters. The van der Waals surface area contributed by atoms with Crippen molar-refractivity contribution in [3.63, 3.8) is 0 Å². The fraction of sp³-hybridized carbons (Fsp3) is 0.400. The summed E-state index contributed by atoms with van der Waals surface area (Å²) in [7, 11) is 1.68. The fourth-order valence-corrected chi connectivity index (χ4v) is 3.17. The lowest BCUT2D eigenvalue weighted by atomic mass is 9.96. The SMILES string of the molecule is COc1ccccc1OC(CC1CCCCN1)c1ccccc1. The Balaban J connectivity index is 1.79. The zero-order valence-electron chi connectivity index (χ0n) is 13.7. The molecule has 2 atom stereocenters. The third-order valence-corrected chi connectivity index (χ3v) is 4.42. The summed E-state index contributed by atoms with van der Waals surface area (Å²) in [4.78, 5) is 0. The minimum atomic E-state index is 0.0306. The Bertz CT molecular complexity index is 594. The molecule has 0 aliphatic carbocycles. The number of benzene rings is 2. The second-order valence-electron chi connectivity index (χ2n) is 6.05. The molecule has 1 N–H and O–H groups in total. The van der Waals surface area contributed by atoms with Gasteiger partial charge in [0, 0.05) is 12.5 Å². The maximum atomic E-state index is 6.36. The molecule has 1 aliphatic rings. The summed E-state index contributed by atoms with van der Waals surface area (Å²) in [5, 5.41) is 3.62. The van der Waals surface area contributed by atoms with Crippen molar-refractivity contribution in [2.45, 2.75) is 37.8 Å². The van der Waals surface area contributed by atoms with Crippen LogP contribution in [-0.4, -0.2) is 19.7 Å². The molecule has 1 heterocycles. The third kappa shape index (κ3) is 4.26. The molecule has 2 aromatic rings. The van der Waals surface area contributed by atoms with Crippen LogP contribution in [0.2, 0.25) is 0 Å². The van der Waals surface area contributed by atoms with Gasteiger partial charge in [0.2, 0.25) is 0 Å². The molecule has 3 nitrogen and oxygen atoms in total. The Morgan fingerprint density at radius 3 is 2.43 bits per heavy atom. The Hall–Kier alpha value is -2.00. The third-order valence-electron chi connectivity index (χ3n) is 4.42. The van der Waals surface area contributed by atoms with Gasteiger partial charge in [0.25, 0.3) is 0 Å². The van der Waals surface area contributed by atoms with Crippen molar-refractivity contribution in [3.8, 4) is 11.5 Å². The highest BCUT2D eigenvalue weighted by atomic mass is 16.5. The number of rotatable bonds is 6. The first kappa shape index (κ1) is 15.9. The molecular weight excluding hydrogens is 286 g/mol. The smallest absolute Gasteiger partial charge is 0.162 e. The summed E-state index contributed by atoms with van der Waals surface area (Å²) >= 11 is 0. The van der Waals surface area contributed by atoms with E-state index in [1.165, 1.54) is 24.8 Å². The minimum absolute atomic E-state index is 0.0306. The molecule has 0 bridgehead atoms. The Morgan fingerprint density at radius 1 is 1.00 bits per heavy atom. The van der Waals surface area contributed by atoms with E-state index in [-0.39, 0.29) is 6.10 Å². The van der Waals surface area contributed by atoms with E-state index >= 15 is 0 Å². The zero-order valence-corrected chi connectivity index (χ0v) is 13.7. The highest BCUT2D eigenvalue weighted by molar-refractivity contribution is 5.40. The average Bonchev–Trinajstić information content (AvgIpc) is 2.63. The van der Waals surface area contributed by atoms with Crippen LogP contribution < -0.4 is 14.8 Å². The van der Waals surface area contributed by atoms with Crippen molar-refractivity contribution in [3.05, 3.63) is 60.2 Å². The van der Waals surface area contributed by atoms with Gasteiger partial charge in [0.15, 0.2) is 11.5 Å². The maximum absolute atomic E-state index is 6.36. The van der Waals surface area contributed by atoms with Gasteiger partial charge in [-0.05, 0) is 37.1 Å². The molecule has 0 spiro atoms. The van der Waals surface area contributed by atoms with E-state index in [4.69, 9.17) is 9.47 Å². The molecule has 1 saturated heterocycles. The summed E-state index contributed by atoms with van der Waals surface area (Å²) < 4.78 is 11.8. The molecule has 0 radical (unpaired) electrons. The predicted octanol–water partition coefficient (Wildman–Crippen LogP) is 4.35. The van der Waals surface area contributed by atoms with Crippen LogP contribution in [0.3, 0.4) is 0 Å². The second kappa shape index (κ2) is 8.02. The van der Waals surface area contributed by atoms with E-state index in [0.29, 0.717) is 6.04 Å². The Kier molecular flexibility index (Phi) is 5.54. The van der Waals surface area contributed by atoms with Crippen LogP contribution in [0.5, 0.6) is 11.5 Å². The van der Waals surface area contributed by atoms with Crippen LogP contribution in [0.4, 0.5) is 0 Å². The van der Waals surface area contributed by atoms with Crippen LogP contribution in [0.25, 0.3) is 0 Å². The molecule has 23 heavy (non-hydrogen) atoms. The lowest BCUT2D eigenvalue weighted by molar-refractivity contribution is 0.163. The standard InChI is InChI=1S/C20H25NO2/c1-22-18-12-5-6-13-19(18)23-20(16-9-3-2-4-10-16)15-17-11-7-8-14-21-17/h2-6,9-10,12-13,17,20-21H,7-8,11,14-15H2,1H3. The van der Waals surface area contributed by atoms with E-state index < -0.39 is 0 Å². The second-order valence-corrected chi connectivity index (χ2v) is 6.05. The topological polar surface area (TPSA) is 30.5 Å². The minimum Gasteiger partial charge on any atom is -0.493 e. The van der Waals surface area contributed by atoms with Gasteiger partial charge in [0.1, 0.15) is 6.10 Å². The van der Waals surface area contributed by atoms with Crippen molar-refractivity contribution in [2.24, 2.45) is 0 Å². The summed E-state index contributed by atoms with van der Waals surface area (Å²) in [5.74, 6) is 1.59. The van der Waals surface area contributed by atoms with Gasteiger partial charge >= 0.3 is 0 Å². The van der Waals surface area contributed by atoms with Crippen molar-refractivity contribution in [1.29, 1.82) is 0 Å². The number of methoxy groups -OCH3 is 1. The maximum Gasteiger partial charge on any atom is 0.162 e.